The number of anilines is 1. The van der Waals surface area contributed by atoms with E-state index in [4.69, 9.17) is 35.4 Å². The monoisotopic (exact) mass is 353 g/mol. The Labute approximate surface area is 144 Å². The minimum atomic E-state index is -0.335. The second kappa shape index (κ2) is 7.45. The number of amides is 1. The third-order valence-electron chi connectivity index (χ3n) is 2.78. The Morgan fingerprint density at radius 1 is 1.09 bits per heavy atom. The van der Waals surface area contributed by atoms with Gasteiger partial charge in [-0.2, -0.15) is 0 Å². The van der Waals surface area contributed by atoms with Crippen LogP contribution in [0.15, 0.2) is 48.5 Å². The van der Waals surface area contributed by atoms with Crippen LogP contribution in [0.2, 0.25) is 10.0 Å². The Hall–Kier alpha value is -1.82. The van der Waals surface area contributed by atoms with E-state index in [0.29, 0.717) is 20.7 Å². The van der Waals surface area contributed by atoms with Gasteiger partial charge in [-0.1, -0.05) is 41.4 Å². The average molecular weight is 354 g/mol. The number of benzene rings is 2. The van der Waals surface area contributed by atoms with Crippen LogP contribution in [0.3, 0.4) is 0 Å². The van der Waals surface area contributed by atoms with Crippen LogP contribution in [0, 0.1) is 0 Å². The number of halogens is 2. The van der Waals surface area contributed by atoms with Gasteiger partial charge in [0.15, 0.2) is 5.11 Å². The molecule has 4 nitrogen and oxygen atoms in total. The van der Waals surface area contributed by atoms with Gasteiger partial charge in [0.05, 0.1) is 10.0 Å². The zero-order chi connectivity index (χ0) is 16.1. The maximum Gasteiger partial charge on any atom is 0.269 e. The van der Waals surface area contributed by atoms with Crippen LogP contribution in [0.25, 0.3) is 0 Å². The highest BCUT2D eigenvalue weighted by Gasteiger charge is 2.12. The minimum Gasteiger partial charge on any atom is -0.331 e. The van der Waals surface area contributed by atoms with Gasteiger partial charge in [-0.25, -0.2) is 0 Å². The first-order valence-corrected chi connectivity index (χ1v) is 7.49. The summed E-state index contributed by atoms with van der Waals surface area (Å²) in [4.78, 5) is 12.1. The van der Waals surface area contributed by atoms with Crippen LogP contribution in [0.5, 0.6) is 0 Å². The van der Waals surface area contributed by atoms with Crippen LogP contribution in [0.1, 0.15) is 10.4 Å². The quantitative estimate of drug-likeness (QED) is 0.633. The van der Waals surface area contributed by atoms with Gasteiger partial charge in [-0.05, 0) is 42.5 Å². The summed E-state index contributed by atoms with van der Waals surface area (Å²) in [7, 11) is 1.65. The van der Waals surface area contributed by atoms with Crippen molar-refractivity contribution >= 4 is 52.1 Å². The number of hydrazine groups is 1. The number of carbonyl (C=O) groups excluding carboxylic acids is 1. The SMILES string of the molecule is CN(NC(=O)c1ccc(Cl)c(Cl)c1)C(=S)Nc1ccccc1. The van der Waals surface area contributed by atoms with Gasteiger partial charge in [-0.15, -0.1) is 0 Å². The highest BCUT2D eigenvalue weighted by atomic mass is 35.5. The second-order valence-electron chi connectivity index (χ2n) is 4.43. The number of thiocarbonyl (C=S) groups is 1. The molecule has 2 N–H and O–H groups in total. The Morgan fingerprint density at radius 3 is 2.41 bits per heavy atom. The maximum absolute atomic E-state index is 12.1. The highest BCUT2D eigenvalue weighted by molar-refractivity contribution is 7.80. The van der Waals surface area contributed by atoms with Gasteiger partial charge in [0.1, 0.15) is 0 Å². The third-order valence-corrected chi connectivity index (χ3v) is 3.90. The average Bonchev–Trinajstić information content (AvgIpc) is 2.50. The Balaban J connectivity index is 1.98. The van der Waals surface area contributed by atoms with Crippen molar-refractivity contribution in [3.8, 4) is 0 Å². The van der Waals surface area contributed by atoms with Gasteiger partial charge in [-0.3, -0.25) is 15.2 Å². The molecule has 0 bridgehead atoms. The predicted octanol–water partition coefficient (Wildman–Crippen LogP) is 3.97. The number of nitrogens with one attached hydrogen (secondary N) is 2. The highest BCUT2D eigenvalue weighted by Crippen LogP contribution is 2.22. The molecule has 0 spiro atoms. The van der Waals surface area contributed by atoms with Gasteiger partial charge in [0, 0.05) is 18.3 Å². The standard InChI is InChI=1S/C15H13Cl2N3OS/c1-20(15(22)18-11-5-3-2-4-6-11)19-14(21)10-7-8-12(16)13(17)9-10/h2-9H,1H3,(H,18,22)(H,19,21). The molecule has 2 rings (SSSR count). The maximum atomic E-state index is 12.1. The first-order valence-electron chi connectivity index (χ1n) is 6.33. The molecule has 0 fully saturated rings. The van der Waals surface area contributed by atoms with E-state index in [1.54, 1.807) is 19.2 Å². The van der Waals surface area contributed by atoms with E-state index in [9.17, 15) is 4.79 Å². The third kappa shape index (κ3) is 4.34. The number of para-hydroxylation sites is 1. The van der Waals surface area contributed by atoms with Gasteiger partial charge >= 0.3 is 0 Å². The largest absolute Gasteiger partial charge is 0.331 e. The van der Waals surface area contributed by atoms with E-state index in [0.717, 1.165) is 5.69 Å². The molecular formula is C15H13Cl2N3OS. The zero-order valence-corrected chi connectivity index (χ0v) is 14.0. The molecule has 114 valence electrons. The van der Waals surface area contributed by atoms with Crippen molar-refractivity contribution in [1.29, 1.82) is 0 Å². The minimum absolute atomic E-state index is 0.321. The van der Waals surface area contributed by atoms with E-state index >= 15 is 0 Å². The topological polar surface area (TPSA) is 44.4 Å². The number of carbonyl (C=O) groups is 1. The fourth-order valence-electron chi connectivity index (χ4n) is 1.63. The normalized spacial score (nSPS) is 9.95. The lowest BCUT2D eigenvalue weighted by Crippen LogP contribution is -2.45. The number of hydrogen-bond acceptors (Lipinski definition) is 2. The van der Waals surface area contributed by atoms with Crippen molar-refractivity contribution in [2.45, 2.75) is 0 Å². The summed E-state index contributed by atoms with van der Waals surface area (Å²) < 4.78 is 0. The summed E-state index contributed by atoms with van der Waals surface area (Å²) in [6.07, 6.45) is 0. The summed E-state index contributed by atoms with van der Waals surface area (Å²) in [5.74, 6) is -0.335. The second-order valence-corrected chi connectivity index (χ2v) is 5.63. The van der Waals surface area contributed by atoms with Crippen LogP contribution in [0.4, 0.5) is 5.69 Å². The summed E-state index contributed by atoms with van der Waals surface area (Å²) in [5, 5.41) is 5.52. The molecule has 0 aromatic heterocycles. The zero-order valence-electron chi connectivity index (χ0n) is 11.6. The van der Waals surface area contributed by atoms with Crippen molar-refractivity contribution in [3.05, 3.63) is 64.1 Å². The summed E-state index contributed by atoms with van der Waals surface area (Å²) >= 11 is 17.0. The fourth-order valence-corrected chi connectivity index (χ4v) is 2.10. The molecule has 2 aromatic carbocycles. The van der Waals surface area contributed by atoms with Crippen molar-refractivity contribution in [2.24, 2.45) is 0 Å². The molecule has 0 saturated carbocycles. The molecule has 0 aliphatic rings. The Kier molecular flexibility index (Phi) is 5.60. The van der Waals surface area contributed by atoms with Crippen LogP contribution in [-0.4, -0.2) is 23.1 Å². The summed E-state index contributed by atoms with van der Waals surface area (Å²) in [6.45, 7) is 0. The molecule has 0 atom stereocenters. The Bertz CT molecular complexity index is 694. The number of hydrogen-bond donors (Lipinski definition) is 2. The molecule has 0 aliphatic carbocycles. The molecule has 7 heteroatoms. The van der Waals surface area contributed by atoms with Crippen molar-refractivity contribution in [1.82, 2.24) is 10.4 Å². The summed E-state index contributed by atoms with van der Waals surface area (Å²) in [5.41, 5.74) is 3.88. The van der Waals surface area contributed by atoms with E-state index in [1.165, 1.54) is 11.1 Å². The molecule has 0 saturated heterocycles. The molecule has 2 aromatic rings. The van der Waals surface area contributed by atoms with Crippen LogP contribution < -0.4 is 10.7 Å². The van der Waals surface area contributed by atoms with Crippen molar-refractivity contribution in [2.75, 3.05) is 12.4 Å². The lowest BCUT2D eigenvalue weighted by atomic mass is 10.2. The Morgan fingerprint density at radius 2 is 1.77 bits per heavy atom. The fraction of sp³-hybridized carbons (Fsp3) is 0.0667. The van der Waals surface area contributed by atoms with Gasteiger partial charge < -0.3 is 5.32 Å². The van der Waals surface area contributed by atoms with Crippen molar-refractivity contribution < 1.29 is 4.79 Å². The van der Waals surface area contributed by atoms with Gasteiger partial charge in [0.2, 0.25) is 0 Å². The first-order chi connectivity index (χ1) is 10.5. The van der Waals surface area contributed by atoms with Crippen molar-refractivity contribution in [3.63, 3.8) is 0 Å². The molecule has 0 radical (unpaired) electrons. The van der Waals surface area contributed by atoms with E-state index in [-0.39, 0.29) is 5.91 Å². The molecule has 0 unspecified atom stereocenters. The number of rotatable bonds is 2. The lowest BCUT2D eigenvalue weighted by molar-refractivity contribution is 0.0888. The molecule has 0 heterocycles. The number of nitrogens with zero attached hydrogens (tertiary/aromatic N) is 1. The van der Waals surface area contributed by atoms with Crippen LogP contribution >= 0.6 is 35.4 Å². The lowest BCUT2D eigenvalue weighted by Gasteiger charge is -2.21. The molecule has 0 aliphatic heterocycles. The molecule has 1 amide bonds. The smallest absolute Gasteiger partial charge is 0.269 e. The van der Waals surface area contributed by atoms with E-state index in [1.807, 2.05) is 30.3 Å². The summed E-state index contributed by atoms with van der Waals surface area (Å²) in [6, 6.07) is 14.1. The first kappa shape index (κ1) is 16.5. The van der Waals surface area contributed by atoms with Gasteiger partial charge in [0.25, 0.3) is 5.91 Å². The van der Waals surface area contributed by atoms with E-state index < -0.39 is 0 Å². The molecule has 22 heavy (non-hydrogen) atoms. The predicted molar refractivity (Wildman–Crippen MR) is 94.4 cm³/mol. The van der Waals surface area contributed by atoms with Crippen LogP contribution in [-0.2, 0) is 0 Å². The van der Waals surface area contributed by atoms with E-state index in [2.05, 4.69) is 10.7 Å². The molecular weight excluding hydrogens is 341 g/mol.